The van der Waals surface area contributed by atoms with E-state index in [4.69, 9.17) is 0 Å². The van der Waals surface area contributed by atoms with Crippen LogP contribution in [-0.4, -0.2) is 29.6 Å². The summed E-state index contributed by atoms with van der Waals surface area (Å²) < 4.78 is 42.9. The van der Waals surface area contributed by atoms with Crippen molar-refractivity contribution in [3.05, 3.63) is 60.2 Å². The van der Waals surface area contributed by atoms with E-state index in [0.717, 1.165) is 24.8 Å². The first-order valence-electron chi connectivity index (χ1n) is 9.08. The molecule has 2 aromatic rings. The maximum Gasteiger partial charge on any atom is 0.290 e. The van der Waals surface area contributed by atoms with Crippen LogP contribution in [0.5, 0.6) is 0 Å². The molecule has 1 unspecified atom stereocenters. The van der Waals surface area contributed by atoms with Gasteiger partial charge in [-0.1, -0.05) is 62.1 Å². The topological polar surface area (TPSA) is 83.8 Å². The molecule has 5 nitrogen and oxygen atoms in total. The van der Waals surface area contributed by atoms with Crippen molar-refractivity contribution in [3.8, 4) is 0 Å². The van der Waals surface area contributed by atoms with E-state index in [1.165, 1.54) is 12.1 Å². The summed E-state index contributed by atoms with van der Waals surface area (Å²) in [7, 11) is -7.45. The molecular weight excluding hydrogens is 382 g/mol. The molecule has 0 amide bonds. The highest BCUT2D eigenvalue weighted by Crippen LogP contribution is 2.22. The van der Waals surface area contributed by atoms with Crippen molar-refractivity contribution in [1.82, 2.24) is 0 Å². The summed E-state index contributed by atoms with van der Waals surface area (Å²) >= 11 is 0. The fourth-order valence-electron chi connectivity index (χ4n) is 2.69. The first-order chi connectivity index (χ1) is 12.8. The fraction of sp³-hybridized carbons (Fsp3) is 0.400. The monoisotopic (exact) mass is 409 g/mol. The van der Waals surface area contributed by atoms with Crippen LogP contribution in [0.2, 0.25) is 0 Å². The van der Waals surface area contributed by atoms with E-state index in [1.807, 2.05) is 6.92 Å². The van der Waals surface area contributed by atoms with Gasteiger partial charge < -0.3 is 5.11 Å². The van der Waals surface area contributed by atoms with Crippen molar-refractivity contribution in [3.63, 3.8) is 0 Å². The molecule has 2 rings (SSSR count). The number of rotatable bonds is 9. The van der Waals surface area contributed by atoms with Crippen LogP contribution in [0.1, 0.15) is 38.2 Å². The smallest absolute Gasteiger partial charge is 0.290 e. The molecule has 2 aromatic carbocycles. The number of aliphatic hydroxyl groups is 1. The lowest BCUT2D eigenvalue weighted by Crippen LogP contribution is -2.22. The van der Waals surface area contributed by atoms with Gasteiger partial charge in [0.15, 0.2) is 0 Å². The highest BCUT2D eigenvalue weighted by atomic mass is 32.3. The summed E-state index contributed by atoms with van der Waals surface area (Å²) in [4.78, 5) is 0.312. The second-order valence-electron chi connectivity index (χ2n) is 6.63. The number of aliphatic hydroxyl groups excluding tert-OH is 1. The Morgan fingerprint density at radius 2 is 1.56 bits per heavy atom. The molecule has 0 heterocycles. The van der Waals surface area contributed by atoms with Gasteiger partial charge in [-0.25, -0.2) is 4.21 Å². The third-order valence-electron chi connectivity index (χ3n) is 4.21. The Labute approximate surface area is 162 Å². The molecule has 2 atom stereocenters. The molecule has 148 valence electrons. The van der Waals surface area contributed by atoms with Crippen LogP contribution in [-0.2, 0) is 19.8 Å². The third-order valence-corrected chi connectivity index (χ3v) is 8.67. The number of nitrogens with zero attached hydrogens (tertiary/aromatic N) is 1. The lowest BCUT2D eigenvalue weighted by Gasteiger charge is -2.15. The predicted molar refractivity (Wildman–Crippen MR) is 109 cm³/mol. The van der Waals surface area contributed by atoms with Crippen LogP contribution in [0.15, 0.2) is 68.2 Å². The first-order valence-corrected chi connectivity index (χ1v) is 12.2. The molecule has 0 bridgehead atoms. The van der Waals surface area contributed by atoms with E-state index in [0.29, 0.717) is 11.3 Å². The molecule has 0 aliphatic rings. The zero-order valence-electron chi connectivity index (χ0n) is 15.7. The second-order valence-corrected chi connectivity index (χ2v) is 10.7. The number of aryl methyl sites for hydroxylation is 1. The third kappa shape index (κ3) is 6.16. The molecule has 27 heavy (non-hydrogen) atoms. The molecule has 0 aliphatic heterocycles. The van der Waals surface area contributed by atoms with Gasteiger partial charge in [0.25, 0.3) is 10.0 Å². The minimum absolute atomic E-state index is 0.00257. The molecule has 7 heteroatoms. The Balaban J connectivity index is 2.44. The maximum atomic E-state index is 13.6. The standard InChI is InChI=1S/C20H27NO4S2/c1-3-4-6-9-18(22)16-26(23,19-10-7-5-8-11-19)21-27(24,25)20-14-12-17(2)13-15-20/h5,7-8,10-15,18,22H,3-4,6,9,16H2,1-2H3/t18-,26?/m1/s1. The van der Waals surface area contributed by atoms with Gasteiger partial charge in [-0.2, -0.15) is 8.42 Å². The van der Waals surface area contributed by atoms with Crippen LogP contribution in [0.25, 0.3) is 0 Å². The zero-order chi connectivity index (χ0) is 19.9. The van der Waals surface area contributed by atoms with Gasteiger partial charge >= 0.3 is 0 Å². The Hall–Kier alpha value is -1.70. The van der Waals surface area contributed by atoms with Crippen LogP contribution >= 0.6 is 0 Å². The van der Waals surface area contributed by atoms with Gasteiger partial charge in [0.2, 0.25) is 0 Å². The van der Waals surface area contributed by atoms with Crippen molar-refractivity contribution >= 4 is 19.8 Å². The molecule has 0 aliphatic carbocycles. The van der Waals surface area contributed by atoms with Gasteiger partial charge in [0.05, 0.1) is 26.5 Å². The number of sulfonamides is 1. The van der Waals surface area contributed by atoms with Crippen LogP contribution < -0.4 is 0 Å². The van der Waals surface area contributed by atoms with Crippen molar-refractivity contribution in [2.24, 2.45) is 3.77 Å². The SMILES string of the molecule is CCCCC[C@@H](O)CS(=O)(=NS(=O)(=O)c1ccc(C)cc1)c1ccccc1. The van der Waals surface area contributed by atoms with E-state index in [2.05, 4.69) is 10.7 Å². The van der Waals surface area contributed by atoms with Crippen molar-refractivity contribution < 1.29 is 17.7 Å². The van der Waals surface area contributed by atoms with Gasteiger partial charge in [-0.15, -0.1) is 3.77 Å². The first kappa shape index (κ1) is 21.6. The Morgan fingerprint density at radius 1 is 0.926 bits per heavy atom. The highest BCUT2D eigenvalue weighted by molar-refractivity contribution is 8.03. The lowest BCUT2D eigenvalue weighted by molar-refractivity contribution is 0.184. The summed E-state index contributed by atoms with van der Waals surface area (Å²) in [5, 5.41) is 10.3. The van der Waals surface area contributed by atoms with Crippen LogP contribution in [0.3, 0.4) is 0 Å². The minimum Gasteiger partial charge on any atom is -0.392 e. The quantitative estimate of drug-likeness (QED) is 0.631. The van der Waals surface area contributed by atoms with E-state index >= 15 is 0 Å². The largest absolute Gasteiger partial charge is 0.392 e. The number of benzene rings is 2. The Kier molecular flexibility index (Phi) is 7.59. The average Bonchev–Trinajstić information content (AvgIpc) is 2.62. The predicted octanol–water partition coefficient (Wildman–Crippen LogP) is 4.15. The van der Waals surface area contributed by atoms with E-state index in [1.54, 1.807) is 42.5 Å². The minimum atomic E-state index is -4.12. The Morgan fingerprint density at radius 3 is 2.15 bits per heavy atom. The highest BCUT2D eigenvalue weighted by Gasteiger charge is 2.23. The normalized spacial score (nSPS) is 15.1. The summed E-state index contributed by atoms with van der Waals surface area (Å²) in [6.45, 7) is 3.91. The molecule has 0 saturated carbocycles. The molecule has 0 spiro atoms. The van der Waals surface area contributed by atoms with Crippen molar-refractivity contribution in [2.75, 3.05) is 5.75 Å². The molecular formula is C20H27NO4S2. The molecule has 1 N–H and O–H groups in total. The summed E-state index contributed by atoms with van der Waals surface area (Å²) in [6.07, 6.45) is 2.36. The van der Waals surface area contributed by atoms with E-state index < -0.39 is 25.9 Å². The van der Waals surface area contributed by atoms with Gasteiger partial charge in [0, 0.05) is 4.90 Å². The summed E-state index contributed by atoms with van der Waals surface area (Å²) in [6, 6.07) is 14.6. The summed E-state index contributed by atoms with van der Waals surface area (Å²) in [5.74, 6) is -0.203. The number of unbranched alkanes of at least 4 members (excludes halogenated alkanes) is 2. The van der Waals surface area contributed by atoms with E-state index in [9.17, 15) is 17.7 Å². The summed E-state index contributed by atoms with van der Waals surface area (Å²) in [5.41, 5.74) is 0.920. The number of hydrogen-bond acceptors (Lipinski definition) is 4. The average molecular weight is 410 g/mol. The van der Waals surface area contributed by atoms with Crippen molar-refractivity contribution in [2.45, 2.75) is 55.4 Å². The van der Waals surface area contributed by atoms with Gasteiger partial charge in [0.1, 0.15) is 0 Å². The van der Waals surface area contributed by atoms with Gasteiger partial charge in [-0.05, 0) is 37.6 Å². The maximum absolute atomic E-state index is 13.6. The van der Waals surface area contributed by atoms with E-state index in [-0.39, 0.29) is 10.6 Å². The molecule has 0 saturated heterocycles. The second kappa shape index (κ2) is 9.48. The lowest BCUT2D eigenvalue weighted by atomic mass is 10.1. The van der Waals surface area contributed by atoms with Gasteiger partial charge in [-0.3, -0.25) is 0 Å². The zero-order valence-corrected chi connectivity index (χ0v) is 17.4. The number of hydrogen-bond donors (Lipinski definition) is 1. The molecule has 0 radical (unpaired) electrons. The molecule has 0 fully saturated rings. The molecule has 0 aromatic heterocycles. The Bertz CT molecular complexity index is 945. The van der Waals surface area contributed by atoms with Crippen LogP contribution in [0, 0.1) is 6.92 Å². The van der Waals surface area contributed by atoms with Crippen molar-refractivity contribution in [1.29, 1.82) is 0 Å². The van der Waals surface area contributed by atoms with Crippen LogP contribution in [0.4, 0.5) is 0 Å². The fourth-order valence-corrected chi connectivity index (χ4v) is 6.83.